The second-order valence-electron chi connectivity index (χ2n) is 7.95. The third kappa shape index (κ3) is 3.80. The molecule has 0 spiro atoms. The van der Waals surface area contributed by atoms with Gasteiger partial charge in [0.2, 0.25) is 0 Å². The lowest BCUT2D eigenvalue weighted by molar-refractivity contribution is 0.00684. The van der Waals surface area contributed by atoms with Crippen molar-refractivity contribution in [3.05, 3.63) is 29.8 Å². The highest BCUT2D eigenvalue weighted by Crippen LogP contribution is 2.37. The van der Waals surface area contributed by atoms with Crippen LogP contribution in [0.5, 0.6) is 0 Å². The maximum absolute atomic E-state index is 12.5. The smallest absolute Gasteiger partial charge is 0.410 e. The normalized spacial score (nSPS) is 27.0. The Balaban J connectivity index is 1.64. The zero-order valence-electron chi connectivity index (χ0n) is 14.6. The van der Waals surface area contributed by atoms with Gasteiger partial charge in [-0.05, 0) is 71.1 Å². The number of ether oxygens (including phenoxy) is 1. The average Bonchev–Trinajstić information content (AvgIpc) is 2.69. The molecule has 3 rings (SSSR count). The van der Waals surface area contributed by atoms with E-state index in [-0.39, 0.29) is 6.09 Å². The lowest BCUT2D eigenvalue weighted by Gasteiger charge is -2.40. The van der Waals surface area contributed by atoms with Crippen LogP contribution in [0.4, 0.5) is 10.5 Å². The number of rotatable bonds is 2. The van der Waals surface area contributed by atoms with Crippen molar-refractivity contribution in [2.24, 2.45) is 0 Å². The van der Waals surface area contributed by atoms with Crippen LogP contribution in [0, 0.1) is 6.92 Å². The molecule has 23 heavy (non-hydrogen) atoms. The van der Waals surface area contributed by atoms with Crippen molar-refractivity contribution in [2.45, 2.75) is 77.1 Å². The van der Waals surface area contributed by atoms with Gasteiger partial charge in [-0.3, -0.25) is 0 Å². The number of amides is 1. The summed E-state index contributed by atoms with van der Waals surface area (Å²) in [7, 11) is 0. The second kappa shape index (κ2) is 6.06. The van der Waals surface area contributed by atoms with Crippen LogP contribution < -0.4 is 5.32 Å². The number of nitrogens with zero attached hydrogens (tertiary/aromatic N) is 1. The molecule has 1 N–H and O–H groups in total. The maximum atomic E-state index is 12.5. The Morgan fingerprint density at radius 2 is 1.87 bits per heavy atom. The molecule has 0 saturated carbocycles. The fraction of sp³-hybridized carbons (Fsp3) is 0.632. The van der Waals surface area contributed by atoms with Crippen molar-refractivity contribution in [1.82, 2.24) is 4.90 Å². The predicted molar refractivity (Wildman–Crippen MR) is 92.7 cm³/mol. The van der Waals surface area contributed by atoms with E-state index in [1.54, 1.807) is 0 Å². The van der Waals surface area contributed by atoms with Crippen molar-refractivity contribution in [3.8, 4) is 0 Å². The quantitative estimate of drug-likeness (QED) is 0.882. The van der Waals surface area contributed by atoms with Gasteiger partial charge in [0.05, 0.1) is 0 Å². The van der Waals surface area contributed by atoms with Gasteiger partial charge in [-0.25, -0.2) is 4.79 Å². The molecule has 2 atom stereocenters. The van der Waals surface area contributed by atoms with Crippen molar-refractivity contribution in [1.29, 1.82) is 0 Å². The highest BCUT2D eigenvalue weighted by Gasteiger charge is 2.44. The molecule has 0 aromatic heterocycles. The van der Waals surface area contributed by atoms with E-state index in [1.165, 1.54) is 11.3 Å². The van der Waals surface area contributed by atoms with Gasteiger partial charge in [0.25, 0.3) is 0 Å². The van der Waals surface area contributed by atoms with Gasteiger partial charge in [-0.15, -0.1) is 0 Å². The van der Waals surface area contributed by atoms with E-state index in [4.69, 9.17) is 4.74 Å². The first-order chi connectivity index (χ1) is 10.8. The first-order valence-corrected chi connectivity index (χ1v) is 8.66. The van der Waals surface area contributed by atoms with Crippen LogP contribution in [-0.4, -0.2) is 34.7 Å². The van der Waals surface area contributed by atoms with Gasteiger partial charge in [0, 0.05) is 23.8 Å². The van der Waals surface area contributed by atoms with Crippen LogP contribution >= 0.6 is 0 Å². The maximum Gasteiger partial charge on any atom is 0.410 e. The Morgan fingerprint density at radius 3 is 2.43 bits per heavy atom. The van der Waals surface area contributed by atoms with Gasteiger partial charge >= 0.3 is 6.09 Å². The number of carbonyl (C=O) groups excluding carboxylic acids is 1. The Labute approximate surface area is 139 Å². The fourth-order valence-corrected chi connectivity index (χ4v) is 3.88. The highest BCUT2D eigenvalue weighted by molar-refractivity contribution is 5.69. The predicted octanol–water partition coefficient (Wildman–Crippen LogP) is 4.34. The minimum Gasteiger partial charge on any atom is -0.444 e. The zero-order chi connectivity index (χ0) is 16.6. The Hall–Kier alpha value is -1.71. The van der Waals surface area contributed by atoms with Crippen LogP contribution in [0.2, 0.25) is 0 Å². The minimum atomic E-state index is -0.423. The van der Waals surface area contributed by atoms with Gasteiger partial charge in [-0.1, -0.05) is 12.1 Å². The number of hydrogen-bond acceptors (Lipinski definition) is 3. The molecule has 126 valence electrons. The molecule has 2 bridgehead atoms. The molecule has 2 aliphatic heterocycles. The molecule has 4 nitrogen and oxygen atoms in total. The summed E-state index contributed by atoms with van der Waals surface area (Å²) in [6.07, 6.45) is 4.05. The summed E-state index contributed by atoms with van der Waals surface area (Å²) in [5, 5.41) is 3.65. The monoisotopic (exact) mass is 316 g/mol. The molecule has 2 unspecified atom stereocenters. The zero-order valence-corrected chi connectivity index (χ0v) is 14.6. The summed E-state index contributed by atoms with van der Waals surface area (Å²) < 4.78 is 5.59. The Morgan fingerprint density at radius 1 is 1.22 bits per heavy atom. The first-order valence-electron chi connectivity index (χ1n) is 8.66. The summed E-state index contributed by atoms with van der Waals surface area (Å²) in [4.78, 5) is 14.5. The number of carbonyl (C=O) groups is 1. The van der Waals surface area contributed by atoms with Crippen molar-refractivity contribution >= 4 is 11.8 Å². The van der Waals surface area contributed by atoms with Gasteiger partial charge in [0.15, 0.2) is 0 Å². The molecule has 4 heteroatoms. The Bertz CT molecular complexity index is 565. The van der Waals surface area contributed by atoms with Crippen molar-refractivity contribution in [2.75, 3.05) is 5.32 Å². The van der Waals surface area contributed by atoms with Gasteiger partial charge in [-0.2, -0.15) is 0 Å². The summed E-state index contributed by atoms with van der Waals surface area (Å²) in [5.41, 5.74) is 2.02. The first kappa shape index (κ1) is 16.2. The summed E-state index contributed by atoms with van der Waals surface area (Å²) >= 11 is 0. The number of fused-ring (bicyclic) bond motifs is 2. The van der Waals surface area contributed by atoms with Crippen LogP contribution in [0.3, 0.4) is 0 Å². The molecular weight excluding hydrogens is 288 g/mol. The lowest BCUT2D eigenvalue weighted by atomic mass is 9.97. The highest BCUT2D eigenvalue weighted by atomic mass is 16.6. The topological polar surface area (TPSA) is 41.6 Å². The second-order valence-corrected chi connectivity index (χ2v) is 7.95. The van der Waals surface area contributed by atoms with E-state index in [2.05, 4.69) is 36.5 Å². The molecule has 1 aromatic rings. The number of hydrogen-bond donors (Lipinski definition) is 1. The summed E-state index contributed by atoms with van der Waals surface area (Å²) in [5.74, 6) is 0. The van der Waals surface area contributed by atoms with Crippen LogP contribution in [0.1, 0.15) is 52.0 Å². The van der Waals surface area contributed by atoms with Crippen LogP contribution in [0.25, 0.3) is 0 Å². The number of aryl methyl sites for hydroxylation is 1. The molecule has 2 fully saturated rings. The van der Waals surface area contributed by atoms with E-state index in [1.807, 2.05) is 25.7 Å². The number of piperidine rings is 1. The SMILES string of the molecule is Cc1cccc(NC2CC3CCC(C2)N3C(=O)OC(C)(C)C)c1. The van der Waals surface area contributed by atoms with Crippen molar-refractivity contribution < 1.29 is 9.53 Å². The molecule has 1 amide bonds. The standard InChI is InChI=1S/C19H28N2O2/c1-13-6-5-7-14(10-13)20-15-11-16-8-9-17(12-15)21(16)18(22)23-19(2,3)4/h5-7,10,15-17,20H,8-9,11-12H2,1-4H3. The summed E-state index contributed by atoms with van der Waals surface area (Å²) in [6.45, 7) is 7.90. The van der Waals surface area contributed by atoms with Crippen LogP contribution in [-0.2, 0) is 4.74 Å². The van der Waals surface area contributed by atoms with Gasteiger partial charge in [0.1, 0.15) is 5.60 Å². The largest absolute Gasteiger partial charge is 0.444 e. The number of nitrogens with one attached hydrogen (secondary N) is 1. The third-order valence-electron chi connectivity index (χ3n) is 4.73. The average molecular weight is 316 g/mol. The lowest BCUT2D eigenvalue weighted by Crippen LogP contribution is -2.51. The molecule has 0 radical (unpaired) electrons. The number of anilines is 1. The summed E-state index contributed by atoms with van der Waals surface area (Å²) in [6, 6.07) is 9.56. The molecule has 1 aromatic carbocycles. The minimum absolute atomic E-state index is 0.140. The molecule has 2 heterocycles. The number of benzene rings is 1. The van der Waals surface area contributed by atoms with Gasteiger partial charge < -0.3 is 15.0 Å². The molecule has 0 aliphatic carbocycles. The molecule has 2 saturated heterocycles. The van der Waals surface area contributed by atoms with E-state index in [9.17, 15) is 4.79 Å². The third-order valence-corrected chi connectivity index (χ3v) is 4.73. The Kier molecular flexibility index (Phi) is 4.26. The fourth-order valence-electron chi connectivity index (χ4n) is 3.88. The van der Waals surface area contributed by atoms with Crippen molar-refractivity contribution in [3.63, 3.8) is 0 Å². The van der Waals surface area contributed by atoms with E-state index in [0.29, 0.717) is 18.1 Å². The molecular formula is C19H28N2O2. The van der Waals surface area contributed by atoms with E-state index >= 15 is 0 Å². The van der Waals surface area contributed by atoms with E-state index < -0.39 is 5.60 Å². The van der Waals surface area contributed by atoms with E-state index in [0.717, 1.165) is 25.7 Å². The molecule has 2 aliphatic rings. The van der Waals surface area contributed by atoms with Crippen LogP contribution in [0.15, 0.2) is 24.3 Å².